The molecule has 0 aliphatic rings. The SMILES string of the molecule is CN(C)/C=C(/C(=O)c1ccccc1F)c1nnnn1-c1ccccc1. The Labute approximate surface area is 144 Å². The molecule has 0 radical (unpaired) electrons. The maximum Gasteiger partial charge on any atom is 0.201 e. The molecule has 0 saturated heterocycles. The molecule has 0 aliphatic carbocycles. The van der Waals surface area contributed by atoms with Crippen LogP contribution >= 0.6 is 0 Å². The third-order valence-electron chi connectivity index (χ3n) is 3.46. The van der Waals surface area contributed by atoms with E-state index in [1.54, 1.807) is 31.3 Å². The number of halogens is 1. The second-order valence-electron chi connectivity index (χ2n) is 5.57. The summed E-state index contributed by atoms with van der Waals surface area (Å²) in [6.07, 6.45) is 1.58. The van der Waals surface area contributed by atoms with Crippen LogP contribution in [-0.2, 0) is 0 Å². The lowest BCUT2D eigenvalue weighted by atomic mass is 10.0. The van der Waals surface area contributed by atoms with Crippen LogP contribution in [0.25, 0.3) is 11.3 Å². The van der Waals surface area contributed by atoms with Crippen LogP contribution in [0.2, 0.25) is 0 Å². The van der Waals surface area contributed by atoms with Crippen LogP contribution in [-0.4, -0.2) is 45.0 Å². The van der Waals surface area contributed by atoms with Gasteiger partial charge in [-0.15, -0.1) is 5.10 Å². The Bertz CT molecular complexity index is 918. The summed E-state index contributed by atoms with van der Waals surface area (Å²) in [7, 11) is 3.54. The summed E-state index contributed by atoms with van der Waals surface area (Å²) in [5.41, 5.74) is 0.871. The third-order valence-corrected chi connectivity index (χ3v) is 3.46. The van der Waals surface area contributed by atoms with Crippen molar-refractivity contribution in [2.24, 2.45) is 0 Å². The van der Waals surface area contributed by atoms with Crippen molar-refractivity contribution in [3.05, 3.63) is 78.0 Å². The lowest BCUT2D eigenvalue weighted by Gasteiger charge is -2.12. The van der Waals surface area contributed by atoms with Gasteiger partial charge in [-0.2, -0.15) is 4.68 Å². The van der Waals surface area contributed by atoms with Gasteiger partial charge in [0.15, 0.2) is 5.82 Å². The van der Waals surface area contributed by atoms with E-state index in [4.69, 9.17) is 0 Å². The van der Waals surface area contributed by atoms with E-state index in [2.05, 4.69) is 15.5 Å². The van der Waals surface area contributed by atoms with Gasteiger partial charge in [0.2, 0.25) is 5.78 Å². The van der Waals surface area contributed by atoms with Gasteiger partial charge in [-0.05, 0) is 34.7 Å². The number of rotatable bonds is 5. The van der Waals surface area contributed by atoms with Crippen molar-refractivity contribution in [3.8, 4) is 5.69 Å². The zero-order valence-corrected chi connectivity index (χ0v) is 13.8. The summed E-state index contributed by atoms with van der Waals surface area (Å²) in [5, 5.41) is 11.6. The summed E-state index contributed by atoms with van der Waals surface area (Å²) in [4.78, 5) is 14.6. The number of benzene rings is 2. The lowest BCUT2D eigenvalue weighted by molar-refractivity contribution is 0.105. The molecule has 6 nitrogen and oxygen atoms in total. The minimum Gasteiger partial charge on any atom is -0.383 e. The summed E-state index contributed by atoms with van der Waals surface area (Å²) >= 11 is 0. The quantitative estimate of drug-likeness (QED) is 0.529. The highest BCUT2D eigenvalue weighted by Gasteiger charge is 2.23. The molecule has 0 amide bonds. The predicted molar refractivity (Wildman–Crippen MR) is 91.5 cm³/mol. The molecule has 1 heterocycles. The second-order valence-corrected chi connectivity index (χ2v) is 5.57. The number of ketones is 1. The molecular formula is C18H16FN5O. The fourth-order valence-corrected chi connectivity index (χ4v) is 2.36. The molecule has 0 atom stereocenters. The normalized spacial score (nSPS) is 11.4. The van der Waals surface area contributed by atoms with Crippen molar-refractivity contribution in [3.63, 3.8) is 0 Å². The molecule has 3 rings (SSSR count). The highest BCUT2D eigenvalue weighted by molar-refractivity contribution is 6.28. The number of carbonyl (C=O) groups is 1. The van der Waals surface area contributed by atoms with Gasteiger partial charge in [0, 0.05) is 20.3 Å². The molecule has 0 fully saturated rings. The fourth-order valence-electron chi connectivity index (χ4n) is 2.36. The molecule has 25 heavy (non-hydrogen) atoms. The first-order valence-electron chi connectivity index (χ1n) is 7.59. The van der Waals surface area contributed by atoms with Gasteiger partial charge in [-0.25, -0.2) is 4.39 Å². The Hall–Kier alpha value is -3.35. The molecule has 7 heteroatoms. The van der Waals surface area contributed by atoms with Gasteiger partial charge < -0.3 is 4.90 Å². The Kier molecular flexibility index (Phi) is 4.65. The van der Waals surface area contributed by atoms with Crippen LogP contribution in [0.3, 0.4) is 0 Å². The third kappa shape index (κ3) is 3.45. The number of hydrogen-bond acceptors (Lipinski definition) is 5. The van der Waals surface area contributed by atoms with Crippen molar-refractivity contribution in [2.45, 2.75) is 0 Å². The van der Waals surface area contributed by atoms with Gasteiger partial charge in [-0.1, -0.05) is 30.3 Å². The maximum absolute atomic E-state index is 14.1. The molecule has 0 saturated carbocycles. The molecule has 2 aromatic carbocycles. The smallest absolute Gasteiger partial charge is 0.201 e. The number of carbonyl (C=O) groups excluding carboxylic acids is 1. The van der Waals surface area contributed by atoms with Crippen LogP contribution in [0.4, 0.5) is 4.39 Å². The lowest BCUT2D eigenvalue weighted by Crippen LogP contribution is -2.14. The minimum atomic E-state index is -0.587. The largest absolute Gasteiger partial charge is 0.383 e. The van der Waals surface area contributed by atoms with Crippen molar-refractivity contribution < 1.29 is 9.18 Å². The predicted octanol–water partition coefficient (Wildman–Crippen LogP) is 2.59. The van der Waals surface area contributed by atoms with Gasteiger partial charge in [0.25, 0.3) is 0 Å². The zero-order chi connectivity index (χ0) is 17.8. The Balaban J connectivity index is 2.12. The Morgan fingerprint density at radius 3 is 2.44 bits per heavy atom. The van der Waals surface area contributed by atoms with E-state index in [9.17, 15) is 9.18 Å². The zero-order valence-electron chi connectivity index (χ0n) is 13.8. The molecular weight excluding hydrogens is 321 g/mol. The first kappa shape index (κ1) is 16.5. The molecule has 126 valence electrons. The van der Waals surface area contributed by atoms with E-state index in [1.807, 2.05) is 30.3 Å². The Morgan fingerprint density at radius 2 is 1.76 bits per heavy atom. The standard InChI is InChI=1S/C18H16FN5O/c1-23(2)12-15(17(25)14-10-6-7-11-16(14)19)18-20-21-22-24(18)13-8-4-3-5-9-13/h3-12H,1-2H3/b15-12-. The summed E-state index contributed by atoms with van der Waals surface area (Å²) in [6.45, 7) is 0. The number of hydrogen-bond donors (Lipinski definition) is 0. The van der Waals surface area contributed by atoms with Crippen molar-refractivity contribution in [1.82, 2.24) is 25.1 Å². The van der Waals surface area contributed by atoms with Crippen molar-refractivity contribution >= 4 is 11.4 Å². The monoisotopic (exact) mass is 337 g/mol. The van der Waals surface area contributed by atoms with Crippen molar-refractivity contribution in [2.75, 3.05) is 14.1 Å². The number of Topliss-reactive ketones (excluding diaryl/α,β-unsaturated/α-hetero) is 1. The van der Waals surface area contributed by atoms with E-state index in [0.717, 1.165) is 0 Å². The van der Waals surface area contributed by atoms with Crippen LogP contribution in [0, 0.1) is 5.82 Å². The molecule has 0 bridgehead atoms. The molecule has 0 spiro atoms. The summed E-state index contributed by atoms with van der Waals surface area (Å²) in [6, 6.07) is 15.0. The van der Waals surface area contributed by atoms with Crippen molar-refractivity contribution in [1.29, 1.82) is 0 Å². The summed E-state index contributed by atoms with van der Waals surface area (Å²) < 4.78 is 15.5. The van der Waals surface area contributed by atoms with Crippen LogP contribution in [0.15, 0.2) is 60.8 Å². The van der Waals surface area contributed by atoms with E-state index >= 15 is 0 Å². The fraction of sp³-hybridized carbons (Fsp3) is 0.111. The molecule has 1 aromatic heterocycles. The van der Waals surface area contributed by atoms with Crippen LogP contribution in [0.1, 0.15) is 16.2 Å². The Morgan fingerprint density at radius 1 is 1.08 bits per heavy atom. The van der Waals surface area contributed by atoms with Crippen LogP contribution < -0.4 is 0 Å². The average Bonchev–Trinajstić information content (AvgIpc) is 3.09. The van der Waals surface area contributed by atoms with Gasteiger partial charge in [0.05, 0.1) is 16.8 Å². The molecule has 0 unspecified atom stereocenters. The highest BCUT2D eigenvalue weighted by atomic mass is 19.1. The van der Waals surface area contributed by atoms with Crippen LogP contribution in [0.5, 0.6) is 0 Å². The molecule has 0 aliphatic heterocycles. The number of para-hydroxylation sites is 1. The summed E-state index contributed by atoms with van der Waals surface area (Å²) in [5.74, 6) is -0.831. The van der Waals surface area contributed by atoms with E-state index in [-0.39, 0.29) is 17.0 Å². The highest BCUT2D eigenvalue weighted by Crippen LogP contribution is 2.22. The first-order valence-corrected chi connectivity index (χ1v) is 7.59. The topological polar surface area (TPSA) is 63.9 Å². The first-order chi connectivity index (χ1) is 12.1. The minimum absolute atomic E-state index is 0.0294. The second kappa shape index (κ2) is 7.04. The maximum atomic E-state index is 14.1. The van der Waals surface area contributed by atoms with E-state index < -0.39 is 11.6 Å². The number of aromatic nitrogens is 4. The van der Waals surface area contributed by atoms with E-state index in [1.165, 1.54) is 22.9 Å². The molecule has 3 aromatic rings. The van der Waals surface area contributed by atoms with Gasteiger partial charge in [-0.3, -0.25) is 4.79 Å². The number of allylic oxidation sites excluding steroid dienone is 1. The number of nitrogens with zero attached hydrogens (tertiary/aromatic N) is 5. The van der Waals surface area contributed by atoms with Gasteiger partial charge >= 0.3 is 0 Å². The van der Waals surface area contributed by atoms with Gasteiger partial charge in [0.1, 0.15) is 5.82 Å². The average molecular weight is 337 g/mol. The van der Waals surface area contributed by atoms with E-state index in [0.29, 0.717) is 5.69 Å². The molecule has 0 N–H and O–H groups in total. The number of tetrazole rings is 1.